The number of nitrogens with one attached hydrogen (secondary N) is 6. The molecule has 20 nitrogen and oxygen atoms in total. The molecule has 6 amide bonds. The third-order valence-corrected chi connectivity index (χ3v) is 16.6. The first kappa shape index (κ1) is 62.0. The van der Waals surface area contributed by atoms with Gasteiger partial charge in [-0.1, -0.05) is 6.07 Å². The Kier molecular flexibility index (Phi) is 21.5. The molecule has 0 bridgehead atoms. The summed E-state index contributed by atoms with van der Waals surface area (Å²) >= 11 is 0. The van der Waals surface area contributed by atoms with Crippen molar-refractivity contribution in [2.45, 2.75) is 197 Å². The van der Waals surface area contributed by atoms with Crippen LogP contribution in [0.15, 0.2) is 42.7 Å². The maximum atomic E-state index is 14.1. The number of carbonyl (C=O) groups is 6. The molecule has 82 heavy (non-hydrogen) atoms. The zero-order valence-corrected chi connectivity index (χ0v) is 48.1. The first-order chi connectivity index (χ1) is 39.2. The summed E-state index contributed by atoms with van der Waals surface area (Å²) in [4.78, 5) is 94.3. The molecule has 2 saturated heterocycles. The summed E-state index contributed by atoms with van der Waals surface area (Å²) < 4.78 is 59.8. The van der Waals surface area contributed by atoms with Gasteiger partial charge < -0.3 is 55.9 Å². The Labute approximate surface area is 478 Å². The zero-order valence-electron chi connectivity index (χ0n) is 48.1. The number of carbonyl (C=O) groups excluding carboxylic acids is 6. The number of rotatable bonds is 24. The van der Waals surface area contributed by atoms with Crippen molar-refractivity contribution in [1.82, 2.24) is 51.3 Å². The highest BCUT2D eigenvalue weighted by atomic mass is 19.4. The number of pyridine rings is 1. The number of hydrogen-bond donors (Lipinski definition) is 6. The third-order valence-electron chi connectivity index (χ3n) is 16.6. The molecule has 0 unspecified atom stereocenters. The van der Waals surface area contributed by atoms with Gasteiger partial charge in [-0.15, -0.1) is 0 Å². The van der Waals surface area contributed by atoms with Crippen LogP contribution in [0.3, 0.4) is 0 Å². The summed E-state index contributed by atoms with van der Waals surface area (Å²) in [7, 11) is 1.77. The molecule has 0 radical (unpaired) electrons. The Morgan fingerprint density at radius 1 is 0.805 bits per heavy atom. The summed E-state index contributed by atoms with van der Waals surface area (Å²) in [6.07, 6.45) is 9.11. The Morgan fingerprint density at radius 2 is 1.52 bits per heavy atom. The second kappa shape index (κ2) is 28.5. The Morgan fingerprint density at radius 3 is 2.22 bits per heavy atom. The van der Waals surface area contributed by atoms with Gasteiger partial charge in [-0.25, -0.2) is 9.97 Å². The van der Waals surface area contributed by atoms with Crippen LogP contribution < -0.4 is 31.9 Å². The number of aromatic nitrogens is 3. The molecule has 23 heteroatoms. The topological polar surface area (TPSA) is 247 Å². The monoisotopic (exact) mass is 1150 g/mol. The van der Waals surface area contributed by atoms with Crippen LogP contribution in [0.2, 0.25) is 0 Å². The molecule has 3 aliphatic carbocycles. The molecule has 3 saturated carbocycles. The van der Waals surface area contributed by atoms with Crippen LogP contribution in [0.25, 0.3) is 10.9 Å². The minimum Gasteiger partial charge on any atom is -0.378 e. The SMILES string of the molecule is CC(=O)N[C@@H]1C[C@H](NC(C)(C)C)CC[C@@H]1N1CC[C@H](Nc2nc(COCCNC(=O)[C@H]3CC[C@H](NC(=O)CCCO[C@H]4CC[C@H](OCCNC(=O)C[C@H]5CC(=O)N(C)[C@@H]5c5cccnc5)CC4)CC3)nc3ccc(C(F)(F)F)cc23)C1=O. The average Bonchev–Trinajstić information content (AvgIpc) is 4.11. The van der Waals surface area contributed by atoms with Crippen molar-refractivity contribution in [3.05, 3.63) is 59.7 Å². The number of anilines is 1. The molecule has 3 aromatic rings. The first-order valence-electron chi connectivity index (χ1n) is 29.5. The van der Waals surface area contributed by atoms with E-state index in [-0.39, 0.29) is 144 Å². The molecule has 4 heterocycles. The van der Waals surface area contributed by atoms with Gasteiger partial charge in [0.2, 0.25) is 35.4 Å². The lowest BCUT2D eigenvalue weighted by Gasteiger charge is -2.43. The Hall–Kier alpha value is -6.04. The van der Waals surface area contributed by atoms with Crippen LogP contribution in [-0.2, 0) is 55.8 Å². The van der Waals surface area contributed by atoms with E-state index in [1.807, 2.05) is 12.1 Å². The summed E-state index contributed by atoms with van der Waals surface area (Å²) in [5, 5.41) is 19.0. The number of fused-ring (bicyclic) bond motifs is 1. The maximum Gasteiger partial charge on any atom is 0.416 e. The molecule has 450 valence electrons. The number of nitrogens with zero attached hydrogens (tertiary/aromatic N) is 5. The van der Waals surface area contributed by atoms with Crippen molar-refractivity contribution in [2.75, 3.05) is 51.8 Å². The van der Waals surface area contributed by atoms with E-state index >= 15 is 0 Å². The van der Waals surface area contributed by atoms with Gasteiger partial charge in [-0.05, 0) is 134 Å². The van der Waals surface area contributed by atoms with Gasteiger partial charge in [0.05, 0.1) is 54.6 Å². The standard InChI is InChI=1S/C59H84F3N11O9/c1-36(74)66-48-33-42(71-58(2,3)4)15-21-49(48)73-26-22-47(57(73)79)69-55-45-32-40(59(60,61)62)12-20-46(45)68-50(70-55)35-80-28-24-65-56(78)37-10-13-41(14-11-37)67-51(75)9-7-27-81-43-16-18-44(19-17-43)82-29-25-64-52(76)30-39-31-53(77)72(5)54(39)38-8-6-23-63-34-38/h6,8,12,20,23,32,34,37,39,41-44,47-49,54,71H,7,9-11,13-19,21-22,24-31,33,35H2,1-5H3,(H,64,76)(H,65,78)(H,66,74)(H,67,75)(H,68,69,70)/t37-,39-,41-,42+,43-,44-,47-,48+,49-,54+/m0/s1. The largest absolute Gasteiger partial charge is 0.416 e. The number of alkyl halides is 3. The van der Waals surface area contributed by atoms with Gasteiger partial charge in [-0.2, -0.15) is 13.2 Å². The Bertz CT molecular complexity index is 2660. The van der Waals surface area contributed by atoms with Crippen LogP contribution >= 0.6 is 0 Å². The average molecular weight is 1150 g/mol. The lowest BCUT2D eigenvalue weighted by atomic mass is 9.84. The fourth-order valence-corrected chi connectivity index (χ4v) is 12.7. The molecular formula is C59H84F3N11O9. The fourth-order valence-electron chi connectivity index (χ4n) is 12.7. The van der Waals surface area contributed by atoms with Gasteiger partial charge in [-0.3, -0.25) is 33.8 Å². The van der Waals surface area contributed by atoms with Gasteiger partial charge >= 0.3 is 6.18 Å². The van der Waals surface area contributed by atoms with Crippen LogP contribution in [0.4, 0.5) is 19.0 Å². The minimum atomic E-state index is -4.62. The summed E-state index contributed by atoms with van der Waals surface area (Å²) in [5.74, 6) is -0.666. The van der Waals surface area contributed by atoms with E-state index in [0.29, 0.717) is 90.5 Å². The highest BCUT2D eigenvalue weighted by molar-refractivity contribution is 5.93. The molecule has 2 aromatic heterocycles. The molecule has 0 spiro atoms. The van der Waals surface area contributed by atoms with Crippen molar-refractivity contribution in [3.8, 4) is 0 Å². The van der Waals surface area contributed by atoms with Crippen LogP contribution in [0.5, 0.6) is 0 Å². The van der Waals surface area contributed by atoms with Crippen LogP contribution in [0, 0.1) is 11.8 Å². The number of benzene rings is 1. The number of ether oxygens (including phenoxy) is 3. The van der Waals surface area contributed by atoms with E-state index in [1.165, 1.54) is 13.0 Å². The highest BCUT2D eigenvalue weighted by Gasteiger charge is 2.44. The first-order valence-corrected chi connectivity index (χ1v) is 29.5. The van der Waals surface area contributed by atoms with Gasteiger partial charge in [0.1, 0.15) is 18.5 Å². The van der Waals surface area contributed by atoms with Gasteiger partial charge in [0.15, 0.2) is 5.82 Å². The lowest BCUT2D eigenvalue weighted by molar-refractivity contribution is -0.137. The zero-order chi connectivity index (χ0) is 58.6. The van der Waals surface area contributed by atoms with E-state index in [9.17, 15) is 41.9 Å². The number of hydrogen-bond acceptors (Lipinski definition) is 14. The molecule has 6 atom stereocenters. The number of halogens is 3. The predicted octanol–water partition coefficient (Wildman–Crippen LogP) is 6.03. The van der Waals surface area contributed by atoms with Crippen LogP contribution in [-0.4, -0.2) is 155 Å². The van der Waals surface area contributed by atoms with E-state index in [2.05, 4.69) is 67.6 Å². The molecule has 2 aliphatic heterocycles. The number of likely N-dealkylation sites (tertiary alicyclic amines) is 2. The summed E-state index contributed by atoms with van der Waals surface area (Å²) in [5.41, 5.74) is 0.165. The van der Waals surface area contributed by atoms with E-state index in [0.717, 1.165) is 49.8 Å². The lowest BCUT2D eigenvalue weighted by Crippen LogP contribution is -2.59. The molecular weight excluding hydrogens is 1060 g/mol. The van der Waals surface area contributed by atoms with E-state index in [4.69, 9.17) is 14.2 Å². The quantitative estimate of drug-likeness (QED) is 0.0561. The van der Waals surface area contributed by atoms with Crippen LogP contribution in [0.1, 0.15) is 153 Å². The van der Waals surface area contributed by atoms with Gasteiger partial charge in [0.25, 0.3) is 0 Å². The van der Waals surface area contributed by atoms with Crippen molar-refractivity contribution in [1.29, 1.82) is 0 Å². The minimum absolute atomic E-state index is 0.00946. The van der Waals surface area contributed by atoms with Gasteiger partial charge in [0, 0.05) is 107 Å². The third kappa shape index (κ3) is 17.5. The Balaban J connectivity index is 0.688. The molecule has 5 fully saturated rings. The van der Waals surface area contributed by atoms with Crippen molar-refractivity contribution < 1.29 is 56.1 Å². The van der Waals surface area contributed by atoms with Crippen molar-refractivity contribution in [2.24, 2.45) is 11.8 Å². The maximum absolute atomic E-state index is 14.1. The molecule has 5 aliphatic rings. The van der Waals surface area contributed by atoms with E-state index in [1.54, 1.807) is 29.2 Å². The highest BCUT2D eigenvalue weighted by Crippen LogP contribution is 2.39. The summed E-state index contributed by atoms with van der Waals surface area (Å²) in [6, 6.07) is 5.66. The molecule has 6 N–H and O–H groups in total. The predicted molar refractivity (Wildman–Crippen MR) is 299 cm³/mol. The van der Waals surface area contributed by atoms with Crippen molar-refractivity contribution >= 4 is 52.2 Å². The molecule has 8 rings (SSSR count). The van der Waals surface area contributed by atoms with Crippen molar-refractivity contribution in [3.63, 3.8) is 0 Å². The smallest absolute Gasteiger partial charge is 0.378 e. The summed E-state index contributed by atoms with van der Waals surface area (Å²) in [6.45, 7) is 9.64. The second-order valence-corrected chi connectivity index (χ2v) is 24.0. The number of amides is 6. The van der Waals surface area contributed by atoms with E-state index < -0.39 is 17.8 Å². The molecule has 1 aromatic carbocycles. The fraction of sp³-hybridized carbons (Fsp3) is 0.678. The normalized spacial score (nSPS) is 26.2. The second-order valence-electron chi connectivity index (χ2n) is 24.0.